The Balaban J connectivity index is 2.22. The van der Waals surface area contributed by atoms with Crippen LogP contribution in [0.3, 0.4) is 0 Å². The maximum absolute atomic E-state index is 12.9. The average molecular weight is 285 g/mol. The number of hydrogen-bond acceptors (Lipinski definition) is 1. The minimum atomic E-state index is -4.23. The molecule has 1 fully saturated rings. The normalized spacial score (nSPS) is 17.6. The van der Waals surface area contributed by atoms with Gasteiger partial charge in [-0.15, -0.1) is 0 Å². The molecule has 8 heteroatoms. The van der Waals surface area contributed by atoms with E-state index < -0.39 is 11.6 Å². The fourth-order valence-corrected chi connectivity index (χ4v) is 2.01. The van der Waals surface area contributed by atoms with Crippen molar-refractivity contribution < 1.29 is 13.2 Å². The SMILES string of the molecule is NC(N)=NC(N)=Nc1ccc(C2(C(F)(F)F)CC2)cc1. The Morgan fingerprint density at radius 3 is 2.00 bits per heavy atom. The van der Waals surface area contributed by atoms with E-state index in [4.69, 9.17) is 17.2 Å². The summed E-state index contributed by atoms with van der Waals surface area (Å²) in [5, 5.41) is 0. The van der Waals surface area contributed by atoms with Crippen LogP contribution in [0.2, 0.25) is 0 Å². The highest BCUT2D eigenvalue weighted by atomic mass is 19.4. The van der Waals surface area contributed by atoms with E-state index in [1.165, 1.54) is 24.3 Å². The van der Waals surface area contributed by atoms with E-state index in [-0.39, 0.29) is 30.3 Å². The van der Waals surface area contributed by atoms with Crippen LogP contribution in [0.4, 0.5) is 18.9 Å². The summed E-state index contributed by atoms with van der Waals surface area (Å²) in [7, 11) is 0. The molecule has 0 unspecified atom stereocenters. The number of alkyl halides is 3. The van der Waals surface area contributed by atoms with Crippen molar-refractivity contribution in [2.45, 2.75) is 24.4 Å². The Morgan fingerprint density at radius 2 is 1.60 bits per heavy atom. The molecule has 2 rings (SSSR count). The summed E-state index contributed by atoms with van der Waals surface area (Å²) in [6.07, 6.45) is -3.99. The van der Waals surface area contributed by atoms with Gasteiger partial charge in [-0.2, -0.15) is 18.2 Å². The summed E-state index contributed by atoms with van der Waals surface area (Å²) in [6, 6.07) is 5.72. The molecule has 1 aromatic rings. The van der Waals surface area contributed by atoms with Crippen LogP contribution in [-0.4, -0.2) is 18.1 Å². The number of hydrogen-bond donors (Lipinski definition) is 3. The largest absolute Gasteiger partial charge is 0.398 e. The average Bonchev–Trinajstić information content (AvgIpc) is 3.09. The molecule has 1 saturated carbocycles. The molecular formula is C12H14F3N5. The van der Waals surface area contributed by atoms with Crippen LogP contribution in [-0.2, 0) is 5.41 Å². The Bertz CT molecular complexity index is 551. The third-order valence-corrected chi connectivity index (χ3v) is 3.20. The summed E-state index contributed by atoms with van der Waals surface area (Å²) >= 11 is 0. The first kappa shape index (κ1) is 14.2. The van der Waals surface area contributed by atoms with Crippen molar-refractivity contribution in [3.63, 3.8) is 0 Å². The molecule has 0 amide bonds. The van der Waals surface area contributed by atoms with Crippen molar-refractivity contribution in [1.29, 1.82) is 0 Å². The standard InChI is InChI=1S/C12H14F3N5/c13-12(14,15)11(5-6-11)7-1-3-8(4-2-7)19-10(18)20-9(16)17/h1-4H,5-6H2,(H6,16,17,18,19,20). The lowest BCUT2D eigenvalue weighted by molar-refractivity contribution is -0.160. The maximum Gasteiger partial charge on any atom is 0.398 e. The summed E-state index contributed by atoms with van der Waals surface area (Å²) in [6.45, 7) is 0. The van der Waals surface area contributed by atoms with Crippen LogP contribution < -0.4 is 17.2 Å². The molecule has 1 aliphatic carbocycles. The zero-order valence-electron chi connectivity index (χ0n) is 10.5. The monoisotopic (exact) mass is 285 g/mol. The molecular weight excluding hydrogens is 271 g/mol. The number of halogens is 3. The molecule has 0 saturated heterocycles. The molecule has 1 aliphatic rings. The van der Waals surface area contributed by atoms with Gasteiger partial charge in [-0.05, 0) is 30.5 Å². The second-order valence-electron chi connectivity index (χ2n) is 4.63. The molecule has 0 aliphatic heterocycles. The first-order chi connectivity index (χ1) is 9.24. The fraction of sp³-hybridized carbons (Fsp3) is 0.333. The first-order valence-electron chi connectivity index (χ1n) is 5.86. The van der Waals surface area contributed by atoms with Crippen molar-refractivity contribution in [3.8, 4) is 0 Å². The van der Waals surface area contributed by atoms with Crippen LogP contribution in [0.5, 0.6) is 0 Å². The second kappa shape index (κ2) is 4.69. The minimum absolute atomic E-state index is 0.120. The van der Waals surface area contributed by atoms with E-state index in [2.05, 4.69) is 9.98 Å². The Labute approximate surface area is 113 Å². The van der Waals surface area contributed by atoms with Crippen molar-refractivity contribution in [2.75, 3.05) is 0 Å². The van der Waals surface area contributed by atoms with E-state index in [1.54, 1.807) is 0 Å². The van der Waals surface area contributed by atoms with Gasteiger partial charge in [0.2, 0.25) is 5.96 Å². The smallest absolute Gasteiger partial charge is 0.370 e. The van der Waals surface area contributed by atoms with Crippen LogP contribution >= 0.6 is 0 Å². The van der Waals surface area contributed by atoms with Crippen molar-refractivity contribution >= 4 is 17.6 Å². The maximum atomic E-state index is 12.9. The molecule has 0 aromatic heterocycles. The van der Waals surface area contributed by atoms with Gasteiger partial charge in [0, 0.05) is 0 Å². The number of guanidine groups is 2. The third kappa shape index (κ3) is 2.68. The third-order valence-electron chi connectivity index (χ3n) is 3.20. The molecule has 0 bridgehead atoms. The van der Waals surface area contributed by atoms with Gasteiger partial charge >= 0.3 is 6.18 Å². The zero-order chi connectivity index (χ0) is 15.0. The van der Waals surface area contributed by atoms with E-state index >= 15 is 0 Å². The molecule has 0 spiro atoms. The molecule has 6 N–H and O–H groups in total. The lowest BCUT2D eigenvalue weighted by atomic mass is 9.95. The van der Waals surface area contributed by atoms with Crippen LogP contribution in [0.25, 0.3) is 0 Å². The van der Waals surface area contributed by atoms with Crippen LogP contribution in [0, 0.1) is 0 Å². The highest BCUT2D eigenvalue weighted by Crippen LogP contribution is 2.58. The van der Waals surface area contributed by atoms with Gasteiger partial charge in [0.25, 0.3) is 0 Å². The summed E-state index contributed by atoms with van der Waals surface area (Å²) in [4.78, 5) is 7.39. The van der Waals surface area contributed by atoms with Gasteiger partial charge < -0.3 is 17.2 Å². The quantitative estimate of drug-likeness (QED) is 0.566. The Morgan fingerprint density at radius 1 is 1.05 bits per heavy atom. The van der Waals surface area contributed by atoms with Gasteiger partial charge in [0.15, 0.2) is 5.96 Å². The lowest BCUT2D eigenvalue weighted by Gasteiger charge is -2.19. The minimum Gasteiger partial charge on any atom is -0.370 e. The Hall–Kier alpha value is -2.25. The molecule has 20 heavy (non-hydrogen) atoms. The summed E-state index contributed by atoms with van der Waals surface area (Å²) in [5.41, 5.74) is 14.6. The first-order valence-corrected chi connectivity index (χ1v) is 5.86. The van der Waals surface area contributed by atoms with Crippen molar-refractivity contribution in [3.05, 3.63) is 29.8 Å². The number of aliphatic imine (C=N–C) groups is 2. The number of rotatable bonds is 2. The van der Waals surface area contributed by atoms with Crippen molar-refractivity contribution in [1.82, 2.24) is 0 Å². The molecule has 0 atom stereocenters. The molecule has 1 aromatic carbocycles. The van der Waals surface area contributed by atoms with Crippen molar-refractivity contribution in [2.24, 2.45) is 27.2 Å². The van der Waals surface area contributed by atoms with E-state index in [0.717, 1.165) is 0 Å². The molecule has 0 radical (unpaired) electrons. The van der Waals surface area contributed by atoms with E-state index in [1.807, 2.05) is 0 Å². The fourth-order valence-electron chi connectivity index (χ4n) is 2.01. The second-order valence-corrected chi connectivity index (χ2v) is 4.63. The summed E-state index contributed by atoms with van der Waals surface area (Å²) in [5.74, 6) is -0.397. The van der Waals surface area contributed by atoms with Gasteiger partial charge in [-0.3, -0.25) is 0 Å². The molecule has 108 valence electrons. The Kier molecular flexibility index (Phi) is 3.33. The van der Waals surface area contributed by atoms with E-state index in [0.29, 0.717) is 5.69 Å². The van der Waals surface area contributed by atoms with Gasteiger partial charge in [-0.25, -0.2) is 4.99 Å². The lowest BCUT2D eigenvalue weighted by Crippen LogP contribution is -2.28. The van der Waals surface area contributed by atoms with E-state index in [9.17, 15) is 13.2 Å². The highest BCUT2D eigenvalue weighted by molar-refractivity contribution is 5.93. The number of nitrogens with two attached hydrogens (primary N) is 3. The number of benzene rings is 1. The van der Waals surface area contributed by atoms with Gasteiger partial charge in [0.05, 0.1) is 11.1 Å². The molecule has 0 heterocycles. The summed E-state index contributed by atoms with van der Waals surface area (Å²) < 4.78 is 38.8. The highest BCUT2D eigenvalue weighted by Gasteiger charge is 2.64. The van der Waals surface area contributed by atoms with Gasteiger partial charge in [-0.1, -0.05) is 12.1 Å². The van der Waals surface area contributed by atoms with Crippen LogP contribution in [0.1, 0.15) is 18.4 Å². The molecule has 5 nitrogen and oxygen atoms in total. The predicted octanol–water partition coefficient (Wildman–Crippen LogP) is 1.50. The topological polar surface area (TPSA) is 103 Å². The predicted molar refractivity (Wildman–Crippen MR) is 70.5 cm³/mol. The zero-order valence-corrected chi connectivity index (χ0v) is 10.5. The van der Waals surface area contributed by atoms with Crippen LogP contribution in [0.15, 0.2) is 34.3 Å². The number of nitrogens with zero attached hydrogens (tertiary/aromatic N) is 2. The van der Waals surface area contributed by atoms with Gasteiger partial charge in [0.1, 0.15) is 0 Å².